The number of nitrogens with zero attached hydrogens (tertiary/aromatic N) is 1. The van der Waals surface area contributed by atoms with Gasteiger partial charge in [-0.15, -0.1) is 0 Å². The molecule has 2 amide bonds. The van der Waals surface area contributed by atoms with Gasteiger partial charge in [-0.25, -0.2) is 0 Å². The predicted octanol–water partition coefficient (Wildman–Crippen LogP) is 3.95. The molecule has 3 aliphatic rings. The lowest BCUT2D eigenvalue weighted by Gasteiger charge is -2.30. The van der Waals surface area contributed by atoms with E-state index in [9.17, 15) is 9.59 Å². The Morgan fingerprint density at radius 3 is 2.66 bits per heavy atom. The fourth-order valence-electron chi connectivity index (χ4n) is 4.87. The zero-order valence-corrected chi connectivity index (χ0v) is 18.1. The van der Waals surface area contributed by atoms with Gasteiger partial charge in [-0.2, -0.15) is 0 Å². The van der Waals surface area contributed by atoms with E-state index in [0.717, 1.165) is 36.1 Å². The first-order valence-electron chi connectivity index (χ1n) is 11.3. The third-order valence-corrected chi connectivity index (χ3v) is 6.59. The maximum atomic E-state index is 12.9. The number of allylic oxidation sites excluding steroid dienone is 1. The van der Waals surface area contributed by atoms with Crippen LogP contribution in [-0.4, -0.2) is 35.0 Å². The molecule has 166 valence electrons. The number of nitrogens with one attached hydrogen (secondary N) is 1. The summed E-state index contributed by atoms with van der Waals surface area (Å²) in [7, 11) is 0. The van der Waals surface area contributed by atoms with Gasteiger partial charge in [0, 0.05) is 17.8 Å². The van der Waals surface area contributed by atoms with Crippen molar-refractivity contribution in [3.63, 3.8) is 0 Å². The minimum absolute atomic E-state index is 0.0000968. The van der Waals surface area contributed by atoms with Crippen LogP contribution in [0.4, 0.5) is 0 Å². The summed E-state index contributed by atoms with van der Waals surface area (Å²) in [6.07, 6.45) is 4.36. The molecule has 1 unspecified atom stereocenters. The molecule has 5 rings (SSSR count). The molecule has 1 saturated heterocycles. The van der Waals surface area contributed by atoms with Crippen LogP contribution in [0.1, 0.15) is 53.6 Å². The first kappa shape index (κ1) is 20.8. The molecule has 2 aromatic rings. The molecule has 0 radical (unpaired) electrons. The van der Waals surface area contributed by atoms with Crippen molar-refractivity contribution in [1.29, 1.82) is 0 Å². The number of hydrogen-bond acceptors (Lipinski definition) is 4. The number of ether oxygens (including phenoxy) is 2. The summed E-state index contributed by atoms with van der Waals surface area (Å²) in [5.41, 5.74) is 3.43. The van der Waals surface area contributed by atoms with Gasteiger partial charge in [-0.3, -0.25) is 9.59 Å². The first-order valence-corrected chi connectivity index (χ1v) is 11.3. The maximum absolute atomic E-state index is 12.9. The van der Waals surface area contributed by atoms with Crippen molar-refractivity contribution >= 4 is 11.8 Å². The molecule has 1 N–H and O–H groups in total. The second-order valence-corrected chi connectivity index (χ2v) is 8.82. The minimum atomic E-state index is -0.449. The largest absolute Gasteiger partial charge is 0.488 e. The van der Waals surface area contributed by atoms with E-state index < -0.39 is 6.04 Å². The SMILES string of the molecule is C=C1CCC(N2Cc3cc(O[C@@H]4CCC[C@@H]4OCc4ccccc4)ccc3C2=O)C(=O)N1. The molecule has 2 heterocycles. The van der Waals surface area contributed by atoms with Crippen LogP contribution in [-0.2, 0) is 22.7 Å². The molecule has 0 bridgehead atoms. The Kier molecular flexibility index (Phi) is 5.70. The lowest BCUT2D eigenvalue weighted by Crippen LogP contribution is -2.49. The highest BCUT2D eigenvalue weighted by molar-refractivity contribution is 6.01. The second kappa shape index (κ2) is 8.79. The van der Waals surface area contributed by atoms with Crippen LogP contribution in [0.15, 0.2) is 60.8 Å². The quantitative estimate of drug-likeness (QED) is 0.751. The second-order valence-electron chi connectivity index (χ2n) is 8.82. The zero-order valence-electron chi connectivity index (χ0n) is 18.1. The third kappa shape index (κ3) is 4.15. The minimum Gasteiger partial charge on any atom is -0.488 e. The monoisotopic (exact) mass is 432 g/mol. The van der Waals surface area contributed by atoms with Crippen molar-refractivity contribution in [2.75, 3.05) is 0 Å². The van der Waals surface area contributed by atoms with Crippen LogP contribution in [0.25, 0.3) is 0 Å². The molecule has 0 spiro atoms. The summed E-state index contributed by atoms with van der Waals surface area (Å²) in [4.78, 5) is 27.0. The van der Waals surface area contributed by atoms with Gasteiger partial charge in [0.15, 0.2) is 0 Å². The topological polar surface area (TPSA) is 67.9 Å². The lowest BCUT2D eigenvalue weighted by molar-refractivity contribution is -0.126. The van der Waals surface area contributed by atoms with Crippen LogP contribution in [0.3, 0.4) is 0 Å². The van der Waals surface area contributed by atoms with Crippen LogP contribution >= 0.6 is 0 Å². The number of carbonyl (C=O) groups excluding carboxylic acids is 2. The number of benzene rings is 2. The summed E-state index contributed by atoms with van der Waals surface area (Å²) in [5, 5.41) is 2.78. The third-order valence-electron chi connectivity index (χ3n) is 6.59. The highest BCUT2D eigenvalue weighted by atomic mass is 16.5. The van der Waals surface area contributed by atoms with Crippen LogP contribution < -0.4 is 10.1 Å². The zero-order chi connectivity index (χ0) is 22.1. The van der Waals surface area contributed by atoms with Gasteiger partial charge >= 0.3 is 0 Å². The van der Waals surface area contributed by atoms with E-state index >= 15 is 0 Å². The maximum Gasteiger partial charge on any atom is 0.255 e. The van der Waals surface area contributed by atoms with Gasteiger partial charge in [0.2, 0.25) is 5.91 Å². The molecule has 3 atom stereocenters. The Morgan fingerprint density at radius 1 is 1.03 bits per heavy atom. The van der Waals surface area contributed by atoms with Crippen molar-refractivity contribution in [3.8, 4) is 5.75 Å². The highest BCUT2D eigenvalue weighted by Gasteiger charge is 2.38. The number of rotatable bonds is 6. The molecule has 32 heavy (non-hydrogen) atoms. The molecular formula is C26H28N2O4. The summed E-state index contributed by atoms with van der Waals surface area (Å²) in [5.74, 6) is 0.507. The normalized spacial score (nSPS) is 25.1. The Hall–Kier alpha value is -3.12. The number of hydrogen-bond donors (Lipinski definition) is 1. The Morgan fingerprint density at radius 2 is 1.84 bits per heavy atom. The first-order chi connectivity index (χ1) is 15.6. The van der Waals surface area contributed by atoms with E-state index in [4.69, 9.17) is 9.47 Å². The van der Waals surface area contributed by atoms with Crippen molar-refractivity contribution in [3.05, 3.63) is 77.5 Å². The number of fused-ring (bicyclic) bond motifs is 1. The predicted molar refractivity (Wildman–Crippen MR) is 120 cm³/mol. The van der Waals surface area contributed by atoms with Crippen molar-refractivity contribution in [1.82, 2.24) is 10.2 Å². The molecule has 2 aromatic carbocycles. The van der Waals surface area contributed by atoms with Gasteiger partial charge in [0.05, 0.1) is 12.7 Å². The highest BCUT2D eigenvalue weighted by Crippen LogP contribution is 2.33. The smallest absolute Gasteiger partial charge is 0.255 e. The summed E-state index contributed by atoms with van der Waals surface area (Å²) >= 11 is 0. The Balaban J connectivity index is 1.24. The molecule has 6 nitrogen and oxygen atoms in total. The van der Waals surface area contributed by atoms with Crippen LogP contribution in [0.2, 0.25) is 0 Å². The van der Waals surface area contributed by atoms with E-state index in [1.165, 1.54) is 0 Å². The summed E-state index contributed by atoms with van der Waals surface area (Å²) < 4.78 is 12.5. The van der Waals surface area contributed by atoms with Crippen LogP contribution in [0, 0.1) is 0 Å². The van der Waals surface area contributed by atoms with Gasteiger partial charge in [-0.1, -0.05) is 36.9 Å². The van der Waals surface area contributed by atoms with Crippen molar-refractivity contribution in [2.24, 2.45) is 0 Å². The van der Waals surface area contributed by atoms with E-state index in [0.29, 0.717) is 37.3 Å². The van der Waals surface area contributed by atoms with Gasteiger partial charge < -0.3 is 19.7 Å². The van der Waals surface area contributed by atoms with Crippen LogP contribution in [0.5, 0.6) is 5.75 Å². The van der Waals surface area contributed by atoms with Gasteiger partial charge in [-0.05, 0) is 61.4 Å². The van der Waals surface area contributed by atoms with Crippen molar-refractivity contribution in [2.45, 2.75) is 63.5 Å². The molecule has 2 fully saturated rings. The van der Waals surface area contributed by atoms with E-state index in [1.54, 1.807) is 4.90 Å². The van der Waals surface area contributed by atoms with E-state index in [-0.39, 0.29) is 24.0 Å². The standard InChI is InChI=1S/C26H28N2O4/c1-17-10-13-22(25(29)27-17)28-15-19-14-20(11-12-21(19)26(28)30)32-24-9-5-8-23(24)31-16-18-6-3-2-4-7-18/h2-4,6-7,11-12,14,22-24H,1,5,8-10,13,15-16H2,(H,27,29)/t22?,23-,24+/m0/s1. The van der Waals surface area contributed by atoms with Gasteiger partial charge in [0.25, 0.3) is 5.91 Å². The Labute approximate surface area is 188 Å². The molecule has 1 saturated carbocycles. The van der Waals surface area contributed by atoms with Crippen molar-refractivity contribution < 1.29 is 19.1 Å². The number of carbonyl (C=O) groups is 2. The summed E-state index contributed by atoms with van der Waals surface area (Å²) in [6, 6.07) is 15.3. The summed E-state index contributed by atoms with van der Waals surface area (Å²) in [6.45, 7) is 4.82. The average Bonchev–Trinajstić information content (AvgIpc) is 3.37. The lowest BCUT2D eigenvalue weighted by atomic mass is 10.0. The van der Waals surface area contributed by atoms with E-state index in [1.807, 2.05) is 36.4 Å². The molecule has 1 aliphatic carbocycles. The number of piperidine rings is 1. The van der Waals surface area contributed by atoms with Gasteiger partial charge in [0.1, 0.15) is 17.9 Å². The number of amides is 2. The Bertz CT molecular complexity index is 1040. The fraction of sp³-hybridized carbons (Fsp3) is 0.385. The van der Waals surface area contributed by atoms with E-state index in [2.05, 4.69) is 24.0 Å². The fourth-order valence-corrected chi connectivity index (χ4v) is 4.87. The molecule has 2 aliphatic heterocycles. The average molecular weight is 433 g/mol. The molecule has 0 aromatic heterocycles. The molecule has 6 heteroatoms. The molecular weight excluding hydrogens is 404 g/mol.